The van der Waals surface area contributed by atoms with E-state index < -0.39 is 24.9 Å². The van der Waals surface area contributed by atoms with Crippen molar-refractivity contribution in [3.8, 4) is 0 Å². The Morgan fingerprint density at radius 3 is 2.67 bits per heavy atom. The molecule has 0 aliphatic carbocycles. The fourth-order valence-corrected chi connectivity index (χ4v) is 2.67. The normalized spacial score (nSPS) is 19.9. The Labute approximate surface area is 121 Å². The minimum absolute atomic E-state index is 0.00483. The van der Waals surface area contributed by atoms with Crippen molar-refractivity contribution >= 4 is 5.91 Å². The Bertz CT molecular complexity index is 512. The Hall–Kier alpha value is -1.60. The molecule has 2 heterocycles. The van der Waals surface area contributed by atoms with Gasteiger partial charge in [-0.2, -0.15) is 18.3 Å². The molecule has 0 N–H and O–H groups in total. The molecule has 1 saturated heterocycles. The molecule has 1 fully saturated rings. The van der Waals surface area contributed by atoms with Crippen molar-refractivity contribution in [1.29, 1.82) is 0 Å². The van der Waals surface area contributed by atoms with Crippen LogP contribution in [0.2, 0.25) is 0 Å². The molecule has 21 heavy (non-hydrogen) atoms. The Kier molecular flexibility index (Phi) is 4.53. The van der Waals surface area contributed by atoms with E-state index in [1.54, 1.807) is 11.6 Å². The van der Waals surface area contributed by atoms with Crippen molar-refractivity contribution in [2.75, 3.05) is 13.1 Å². The number of hydrogen-bond acceptors (Lipinski definition) is 3. The van der Waals surface area contributed by atoms with Gasteiger partial charge in [-0.3, -0.25) is 4.79 Å². The lowest BCUT2D eigenvalue weighted by Crippen LogP contribution is -2.41. The number of aryl methyl sites for hydroxylation is 2. The summed E-state index contributed by atoms with van der Waals surface area (Å²) in [5, 5.41) is 4.30. The SMILES string of the molecule is Cc1nc(C)n(C2CCCN(C(=O)CCC(F)(F)F)C2)n1. The molecule has 0 aromatic carbocycles. The van der Waals surface area contributed by atoms with Crippen LogP contribution in [-0.4, -0.2) is 44.8 Å². The average molecular weight is 304 g/mol. The quantitative estimate of drug-likeness (QED) is 0.861. The van der Waals surface area contributed by atoms with Crippen LogP contribution in [-0.2, 0) is 4.79 Å². The predicted molar refractivity (Wildman–Crippen MR) is 69.6 cm³/mol. The Morgan fingerprint density at radius 1 is 1.38 bits per heavy atom. The summed E-state index contributed by atoms with van der Waals surface area (Å²) in [6.07, 6.45) is -4.21. The Balaban J connectivity index is 1.97. The van der Waals surface area contributed by atoms with Gasteiger partial charge in [0.05, 0.1) is 12.5 Å². The van der Waals surface area contributed by atoms with E-state index in [1.165, 1.54) is 4.90 Å². The number of hydrogen-bond donors (Lipinski definition) is 0. The van der Waals surface area contributed by atoms with Crippen molar-refractivity contribution in [3.63, 3.8) is 0 Å². The summed E-state index contributed by atoms with van der Waals surface area (Å²) in [5.74, 6) is 0.988. The second kappa shape index (κ2) is 6.03. The predicted octanol–water partition coefficient (Wildman–Crippen LogP) is 2.40. The van der Waals surface area contributed by atoms with Crippen LogP contribution in [0.15, 0.2) is 0 Å². The lowest BCUT2D eigenvalue weighted by molar-refractivity contribution is -0.150. The standard InChI is InChI=1S/C13H19F3N4O/c1-9-17-10(2)20(18-9)11-4-3-7-19(8-11)12(21)5-6-13(14,15)16/h11H,3-8H2,1-2H3. The van der Waals surface area contributed by atoms with Crippen molar-refractivity contribution in [3.05, 3.63) is 11.6 Å². The number of amides is 1. The molecule has 0 spiro atoms. The molecule has 2 rings (SSSR count). The van der Waals surface area contributed by atoms with E-state index in [2.05, 4.69) is 10.1 Å². The lowest BCUT2D eigenvalue weighted by atomic mass is 10.1. The number of carbonyl (C=O) groups is 1. The van der Waals surface area contributed by atoms with E-state index in [9.17, 15) is 18.0 Å². The number of carbonyl (C=O) groups excluding carboxylic acids is 1. The van der Waals surface area contributed by atoms with Crippen LogP contribution >= 0.6 is 0 Å². The summed E-state index contributed by atoms with van der Waals surface area (Å²) in [4.78, 5) is 17.6. The van der Waals surface area contributed by atoms with E-state index in [4.69, 9.17) is 0 Å². The topological polar surface area (TPSA) is 51.0 Å². The second-order valence-corrected chi connectivity index (χ2v) is 5.40. The van der Waals surface area contributed by atoms with Gasteiger partial charge in [-0.05, 0) is 26.7 Å². The third-order valence-electron chi connectivity index (χ3n) is 3.63. The van der Waals surface area contributed by atoms with Crippen LogP contribution in [0.25, 0.3) is 0 Å². The maximum Gasteiger partial charge on any atom is 0.389 e. The monoisotopic (exact) mass is 304 g/mol. The molecule has 1 atom stereocenters. The van der Waals surface area contributed by atoms with Gasteiger partial charge in [-0.25, -0.2) is 9.67 Å². The second-order valence-electron chi connectivity index (χ2n) is 5.40. The number of aromatic nitrogens is 3. The van der Waals surface area contributed by atoms with Crippen molar-refractivity contribution in [2.45, 2.75) is 51.7 Å². The molecule has 1 unspecified atom stereocenters. The number of alkyl halides is 3. The van der Waals surface area contributed by atoms with E-state index in [-0.39, 0.29) is 6.04 Å². The molecule has 0 saturated carbocycles. The van der Waals surface area contributed by atoms with Gasteiger partial charge in [0, 0.05) is 19.5 Å². The molecule has 1 aromatic heterocycles. The van der Waals surface area contributed by atoms with Crippen LogP contribution in [0.3, 0.4) is 0 Å². The van der Waals surface area contributed by atoms with Crippen molar-refractivity contribution in [2.24, 2.45) is 0 Å². The first-order chi connectivity index (χ1) is 9.76. The first-order valence-corrected chi connectivity index (χ1v) is 7.00. The molecule has 1 amide bonds. The molecule has 0 bridgehead atoms. The fourth-order valence-electron chi connectivity index (χ4n) is 2.67. The maximum atomic E-state index is 12.2. The number of halogens is 3. The van der Waals surface area contributed by atoms with E-state index in [1.807, 2.05) is 6.92 Å². The van der Waals surface area contributed by atoms with Gasteiger partial charge >= 0.3 is 6.18 Å². The summed E-state index contributed by atoms with van der Waals surface area (Å²) in [6, 6.07) is -0.00483. The molecular weight excluding hydrogens is 285 g/mol. The zero-order valence-electron chi connectivity index (χ0n) is 12.2. The van der Waals surface area contributed by atoms with Gasteiger partial charge < -0.3 is 4.90 Å². The molecule has 0 radical (unpaired) electrons. The van der Waals surface area contributed by atoms with Gasteiger partial charge in [-0.15, -0.1) is 0 Å². The van der Waals surface area contributed by atoms with E-state index in [0.717, 1.165) is 18.7 Å². The maximum absolute atomic E-state index is 12.2. The first-order valence-electron chi connectivity index (χ1n) is 7.00. The van der Waals surface area contributed by atoms with Gasteiger partial charge in [0.1, 0.15) is 11.6 Å². The Morgan fingerprint density at radius 2 is 2.10 bits per heavy atom. The zero-order valence-corrected chi connectivity index (χ0v) is 12.2. The van der Waals surface area contributed by atoms with Gasteiger partial charge in [0.25, 0.3) is 0 Å². The fraction of sp³-hybridized carbons (Fsp3) is 0.769. The zero-order chi connectivity index (χ0) is 15.6. The molecule has 8 heteroatoms. The van der Waals surface area contributed by atoms with E-state index in [0.29, 0.717) is 18.9 Å². The highest BCUT2D eigenvalue weighted by atomic mass is 19.4. The minimum atomic E-state index is -4.29. The van der Waals surface area contributed by atoms with Crippen LogP contribution < -0.4 is 0 Å². The first kappa shape index (κ1) is 15.8. The molecule has 5 nitrogen and oxygen atoms in total. The van der Waals surface area contributed by atoms with Crippen LogP contribution in [0.1, 0.15) is 43.4 Å². The minimum Gasteiger partial charge on any atom is -0.341 e. The molecule has 1 aliphatic rings. The lowest BCUT2D eigenvalue weighted by Gasteiger charge is -2.33. The summed E-state index contributed by atoms with van der Waals surface area (Å²) in [7, 11) is 0. The summed E-state index contributed by atoms with van der Waals surface area (Å²) >= 11 is 0. The number of piperidine rings is 1. The number of likely N-dealkylation sites (tertiary alicyclic amines) is 1. The molecule has 1 aliphatic heterocycles. The van der Waals surface area contributed by atoms with E-state index >= 15 is 0 Å². The third kappa shape index (κ3) is 4.18. The molecule has 118 valence electrons. The summed E-state index contributed by atoms with van der Waals surface area (Å²) in [5.41, 5.74) is 0. The largest absolute Gasteiger partial charge is 0.389 e. The highest BCUT2D eigenvalue weighted by molar-refractivity contribution is 5.76. The van der Waals surface area contributed by atoms with Gasteiger partial charge in [0.15, 0.2) is 0 Å². The summed E-state index contributed by atoms with van der Waals surface area (Å²) < 4.78 is 38.3. The van der Waals surface area contributed by atoms with Gasteiger partial charge in [-0.1, -0.05) is 0 Å². The average Bonchev–Trinajstić information content (AvgIpc) is 2.74. The number of rotatable bonds is 3. The van der Waals surface area contributed by atoms with Crippen LogP contribution in [0.5, 0.6) is 0 Å². The summed E-state index contributed by atoms with van der Waals surface area (Å²) in [6.45, 7) is 4.54. The van der Waals surface area contributed by atoms with Crippen molar-refractivity contribution in [1.82, 2.24) is 19.7 Å². The third-order valence-corrected chi connectivity index (χ3v) is 3.63. The highest BCUT2D eigenvalue weighted by Gasteiger charge is 2.31. The van der Waals surface area contributed by atoms with Crippen LogP contribution in [0.4, 0.5) is 13.2 Å². The molecule has 1 aromatic rings. The smallest absolute Gasteiger partial charge is 0.341 e. The number of nitrogens with zero attached hydrogens (tertiary/aromatic N) is 4. The van der Waals surface area contributed by atoms with Crippen LogP contribution in [0, 0.1) is 13.8 Å². The highest BCUT2D eigenvalue weighted by Crippen LogP contribution is 2.25. The van der Waals surface area contributed by atoms with Crippen molar-refractivity contribution < 1.29 is 18.0 Å². The molecular formula is C13H19F3N4O. The van der Waals surface area contributed by atoms with Gasteiger partial charge in [0.2, 0.25) is 5.91 Å².